The molecule has 3 heterocycles. The number of alkyl halides is 3. The molecule has 0 bridgehead atoms. The summed E-state index contributed by atoms with van der Waals surface area (Å²) in [6.07, 6.45) is -4.61. The van der Waals surface area contributed by atoms with Gasteiger partial charge in [0.25, 0.3) is 0 Å². The van der Waals surface area contributed by atoms with Gasteiger partial charge in [0, 0.05) is 36.9 Å². The number of carbonyl (C=O) groups is 1. The minimum absolute atomic E-state index is 0.149. The van der Waals surface area contributed by atoms with Crippen LogP contribution in [-0.4, -0.2) is 46.6 Å². The highest BCUT2D eigenvalue weighted by molar-refractivity contribution is 7.19. The fourth-order valence-electron chi connectivity index (χ4n) is 3.73. The van der Waals surface area contributed by atoms with Gasteiger partial charge in [0.2, 0.25) is 0 Å². The van der Waals surface area contributed by atoms with Crippen LogP contribution in [0.25, 0.3) is 21.7 Å². The third-order valence-corrected chi connectivity index (χ3v) is 6.29. The first kappa shape index (κ1) is 23.7. The number of nitrogens with one attached hydrogen (secondary N) is 2. The molecule has 2 aromatic heterocycles. The average Bonchev–Trinajstić information content (AvgIpc) is 3.22. The lowest BCUT2D eigenvalue weighted by Crippen LogP contribution is -2.52. The maximum atomic E-state index is 13.4. The molecule has 1 aliphatic rings. The van der Waals surface area contributed by atoms with Gasteiger partial charge in [-0.1, -0.05) is 23.5 Å². The standard InChI is InChI=1S/C23H21F3N6OS/c1-13-8-17(10-18(29-13)23(24,25)26)20-19(16-5-3-4-15(9-16)11-27)30-21(34-20)31-22(33)32-7-6-28-14(2)12-32/h3-5,8-10,14,28H,6-7,12H2,1-2H3,(H,30,31,33). The van der Waals surface area contributed by atoms with Crippen LogP contribution in [-0.2, 0) is 6.18 Å². The van der Waals surface area contributed by atoms with Gasteiger partial charge in [0.15, 0.2) is 5.13 Å². The summed E-state index contributed by atoms with van der Waals surface area (Å²) in [4.78, 5) is 23.1. The van der Waals surface area contributed by atoms with Crippen LogP contribution >= 0.6 is 11.3 Å². The van der Waals surface area contributed by atoms with E-state index in [1.165, 1.54) is 6.92 Å². The van der Waals surface area contributed by atoms with Crippen molar-refractivity contribution in [3.63, 3.8) is 0 Å². The Labute approximate surface area is 198 Å². The number of anilines is 1. The Hall–Kier alpha value is -3.49. The molecule has 0 aliphatic carbocycles. The van der Waals surface area contributed by atoms with Crippen molar-refractivity contribution in [3.8, 4) is 27.8 Å². The van der Waals surface area contributed by atoms with Crippen molar-refractivity contribution in [3.05, 3.63) is 53.3 Å². The number of aromatic nitrogens is 2. The first-order valence-corrected chi connectivity index (χ1v) is 11.3. The summed E-state index contributed by atoms with van der Waals surface area (Å²) in [7, 11) is 0. The van der Waals surface area contributed by atoms with Crippen LogP contribution in [0.3, 0.4) is 0 Å². The van der Waals surface area contributed by atoms with E-state index in [0.717, 1.165) is 17.4 Å². The minimum atomic E-state index is -4.61. The molecule has 2 N–H and O–H groups in total. The Balaban J connectivity index is 1.77. The van der Waals surface area contributed by atoms with Crippen molar-refractivity contribution in [2.24, 2.45) is 0 Å². The summed E-state index contributed by atoms with van der Waals surface area (Å²) in [5.74, 6) is 0. The van der Waals surface area contributed by atoms with Crippen molar-refractivity contribution in [2.75, 3.05) is 25.0 Å². The molecule has 11 heteroatoms. The van der Waals surface area contributed by atoms with Gasteiger partial charge >= 0.3 is 12.2 Å². The first-order valence-electron chi connectivity index (χ1n) is 10.5. The molecular weight excluding hydrogens is 465 g/mol. The van der Waals surface area contributed by atoms with E-state index in [1.807, 2.05) is 6.92 Å². The molecule has 1 saturated heterocycles. The molecule has 1 fully saturated rings. The van der Waals surface area contributed by atoms with E-state index in [4.69, 9.17) is 0 Å². The Morgan fingerprint density at radius 2 is 2.06 bits per heavy atom. The lowest BCUT2D eigenvalue weighted by molar-refractivity contribution is -0.141. The zero-order valence-electron chi connectivity index (χ0n) is 18.4. The second kappa shape index (κ2) is 9.40. The summed E-state index contributed by atoms with van der Waals surface area (Å²) in [5, 5.41) is 15.6. The lowest BCUT2D eigenvalue weighted by atomic mass is 10.0. The van der Waals surface area contributed by atoms with Crippen LogP contribution in [0, 0.1) is 18.3 Å². The highest BCUT2D eigenvalue weighted by Gasteiger charge is 2.33. The number of rotatable bonds is 3. The largest absolute Gasteiger partial charge is 0.433 e. The number of urea groups is 1. The van der Waals surface area contributed by atoms with Crippen LogP contribution in [0.15, 0.2) is 36.4 Å². The number of amides is 2. The zero-order valence-corrected chi connectivity index (χ0v) is 19.2. The predicted molar refractivity (Wildman–Crippen MR) is 123 cm³/mol. The third kappa shape index (κ3) is 5.18. The molecule has 0 radical (unpaired) electrons. The van der Waals surface area contributed by atoms with E-state index in [9.17, 15) is 23.2 Å². The quantitative estimate of drug-likeness (QED) is 0.550. The molecular formula is C23H21F3N6OS. The van der Waals surface area contributed by atoms with E-state index in [2.05, 4.69) is 26.7 Å². The summed E-state index contributed by atoms with van der Waals surface area (Å²) < 4.78 is 40.3. The van der Waals surface area contributed by atoms with Gasteiger partial charge in [-0.25, -0.2) is 14.8 Å². The maximum Gasteiger partial charge on any atom is 0.433 e. The average molecular weight is 487 g/mol. The van der Waals surface area contributed by atoms with Crippen molar-refractivity contribution >= 4 is 22.5 Å². The van der Waals surface area contributed by atoms with Crippen molar-refractivity contribution in [2.45, 2.75) is 26.1 Å². The van der Waals surface area contributed by atoms with Gasteiger partial charge in [-0.2, -0.15) is 18.4 Å². The summed E-state index contributed by atoms with van der Waals surface area (Å²) >= 11 is 1.08. The molecule has 7 nitrogen and oxygen atoms in total. The van der Waals surface area contributed by atoms with E-state index in [1.54, 1.807) is 35.2 Å². The number of hydrogen-bond acceptors (Lipinski definition) is 6. The van der Waals surface area contributed by atoms with Crippen molar-refractivity contribution < 1.29 is 18.0 Å². The van der Waals surface area contributed by atoms with Crippen molar-refractivity contribution in [1.29, 1.82) is 5.26 Å². The highest BCUT2D eigenvalue weighted by atomic mass is 32.1. The number of halogens is 3. The number of hydrogen-bond donors (Lipinski definition) is 2. The van der Waals surface area contributed by atoms with Gasteiger partial charge in [-0.3, -0.25) is 5.32 Å². The van der Waals surface area contributed by atoms with Crippen molar-refractivity contribution in [1.82, 2.24) is 20.2 Å². The SMILES string of the molecule is Cc1cc(-c2sc(NC(=O)N3CCNC(C)C3)nc2-c2cccc(C#N)c2)cc(C(F)(F)F)n1. The summed E-state index contributed by atoms with van der Waals surface area (Å²) in [6.45, 7) is 5.19. The molecule has 176 valence electrons. The van der Waals surface area contributed by atoms with Gasteiger partial charge in [0.1, 0.15) is 5.69 Å². The molecule has 2 amide bonds. The number of nitriles is 1. The van der Waals surface area contributed by atoms with Crippen LogP contribution in [0.5, 0.6) is 0 Å². The molecule has 1 aromatic carbocycles. The van der Waals surface area contributed by atoms with E-state index < -0.39 is 11.9 Å². The Bertz CT molecular complexity index is 1270. The van der Waals surface area contributed by atoms with Gasteiger partial charge in [-0.15, -0.1) is 0 Å². The second-order valence-corrected chi connectivity index (χ2v) is 9.00. The smallest absolute Gasteiger partial charge is 0.322 e. The fraction of sp³-hybridized carbons (Fsp3) is 0.304. The summed E-state index contributed by atoms with van der Waals surface area (Å²) in [6, 6.07) is 11.0. The van der Waals surface area contributed by atoms with Gasteiger partial charge in [0.05, 0.1) is 22.2 Å². The number of nitrogens with zero attached hydrogens (tertiary/aromatic N) is 4. The normalized spacial score (nSPS) is 16.2. The molecule has 1 aliphatic heterocycles. The molecule has 34 heavy (non-hydrogen) atoms. The molecule has 3 aromatic rings. The van der Waals surface area contributed by atoms with Crippen LogP contribution in [0.2, 0.25) is 0 Å². The van der Waals surface area contributed by atoms with E-state index in [0.29, 0.717) is 41.3 Å². The van der Waals surface area contributed by atoms with Gasteiger partial charge < -0.3 is 10.2 Å². The lowest BCUT2D eigenvalue weighted by Gasteiger charge is -2.31. The second-order valence-electron chi connectivity index (χ2n) is 8.00. The first-order chi connectivity index (χ1) is 16.1. The highest BCUT2D eigenvalue weighted by Crippen LogP contribution is 2.41. The molecule has 1 atom stereocenters. The maximum absolute atomic E-state index is 13.4. The summed E-state index contributed by atoms with van der Waals surface area (Å²) in [5.41, 5.74) is 0.808. The number of piperazine rings is 1. The van der Waals surface area contributed by atoms with Crippen LogP contribution in [0.4, 0.5) is 23.1 Å². The minimum Gasteiger partial charge on any atom is -0.322 e. The van der Waals surface area contributed by atoms with Crippen LogP contribution < -0.4 is 10.6 Å². The topological polar surface area (TPSA) is 93.9 Å². The zero-order chi connectivity index (χ0) is 24.5. The molecule has 0 saturated carbocycles. The predicted octanol–water partition coefficient (Wildman–Crippen LogP) is 4.90. The Morgan fingerprint density at radius 3 is 2.76 bits per heavy atom. The van der Waals surface area contributed by atoms with E-state index >= 15 is 0 Å². The molecule has 0 spiro atoms. The Morgan fingerprint density at radius 1 is 1.26 bits per heavy atom. The fourth-order valence-corrected chi connectivity index (χ4v) is 4.70. The third-order valence-electron chi connectivity index (χ3n) is 5.27. The number of benzene rings is 1. The number of thiazole rings is 1. The molecule has 4 rings (SSSR count). The molecule has 1 unspecified atom stereocenters. The van der Waals surface area contributed by atoms with Crippen LogP contribution in [0.1, 0.15) is 23.9 Å². The van der Waals surface area contributed by atoms with Gasteiger partial charge in [-0.05, 0) is 43.7 Å². The number of carbonyl (C=O) groups excluding carboxylic acids is 1. The Kier molecular flexibility index (Phi) is 6.54. The number of pyridine rings is 1. The number of aryl methyl sites for hydroxylation is 1. The van der Waals surface area contributed by atoms with E-state index in [-0.39, 0.29) is 28.5 Å². The monoisotopic (exact) mass is 486 g/mol.